The van der Waals surface area contributed by atoms with Gasteiger partial charge >= 0.3 is 16.8 Å². The predicted octanol–water partition coefficient (Wildman–Crippen LogP) is -0.779. The molecule has 0 fully saturated rings. The molecular formula is C2H2CoO4. The summed E-state index contributed by atoms with van der Waals surface area (Å²) < 4.78 is 0. The Morgan fingerprint density at radius 2 is 1.00 bits per heavy atom. The van der Waals surface area contributed by atoms with E-state index in [2.05, 4.69) is 0 Å². The molecule has 0 aliphatic heterocycles. The summed E-state index contributed by atoms with van der Waals surface area (Å²) >= 11 is 0. The van der Waals surface area contributed by atoms with Crippen molar-refractivity contribution in [2.45, 2.75) is 0 Å². The number of hydrogen-bond donors (Lipinski definition) is 2. The van der Waals surface area contributed by atoms with Crippen LogP contribution in [0.1, 0.15) is 0 Å². The number of aliphatic hydroxyl groups excluding tert-OH is 2. The molecule has 4 nitrogen and oxygen atoms in total. The van der Waals surface area contributed by atoms with Crippen LogP contribution in [-0.2, 0) is 26.4 Å². The van der Waals surface area contributed by atoms with Gasteiger partial charge in [-0.1, -0.05) is 12.9 Å². The molecule has 0 saturated heterocycles. The third-order valence-corrected chi connectivity index (χ3v) is 0. The van der Waals surface area contributed by atoms with Crippen LogP contribution in [0.4, 0.5) is 0 Å². The fourth-order valence-corrected chi connectivity index (χ4v) is 0. The van der Waals surface area contributed by atoms with Gasteiger partial charge in [-0.2, -0.15) is 0 Å². The molecule has 0 aromatic carbocycles. The van der Waals surface area contributed by atoms with Crippen LogP contribution in [-0.4, -0.2) is 23.2 Å². The first-order valence-corrected chi connectivity index (χ1v) is 0.855. The molecule has 0 aliphatic carbocycles. The van der Waals surface area contributed by atoms with E-state index in [9.17, 15) is 0 Å². The summed E-state index contributed by atoms with van der Waals surface area (Å²) in [7, 11) is 0. The molecule has 0 aliphatic rings. The summed E-state index contributed by atoms with van der Waals surface area (Å²) in [6.07, 6.45) is 0. The first kappa shape index (κ1) is 16.1. The number of rotatable bonds is 0. The largest absolute Gasteiger partial charge is 2.00 e. The smallest absolute Gasteiger partial charge is 0.665 e. The normalized spacial score (nSPS) is 3.43. The van der Waals surface area contributed by atoms with Crippen molar-refractivity contribution in [3.63, 3.8) is 0 Å². The average molecular weight is 149 g/mol. The molecule has 7 heavy (non-hydrogen) atoms. The van der Waals surface area contributed by atoms with Crippen molar-refractivity contribution in [3.8, 4) is 0 Å². The molecular weight excluding hydrogens is 147 g/mol. The number of hydrogen-bond acceptors (Lipinski definition) is 2. The van der Waals surface area contributed by atoms with E-state index in [1.807, 2.05) is 0 Å². The average Bonchev–Trinajstić information content (AvgIpc) is 1.39. The molecule has 0 aromatic heterocycles. The van der Waals surface area contributed by atoms with E-state index in [1.54, 1.807) is 0 Å². The van der Waals surface area contributed by atoms with Gasteiger partial charge in [-0.3, -0.25) is 0 Å². The predicted molar refractivity (Wildman–Crippen MR) is 16.6 cm³/mol. The van der Waals surface area contributed by atoms with Gasteiger partial charge in [0.15, 0.2) is 0 Å². The molecule has 5 heteroatoms. The Bertz CT molecular complexity index is 30.7. The molecule has 1 radical (unpaired) electrons. The van der Waals surface area contributed by atoms with Gasteiger partial charge < -0.3 is 19.8 Å². The summed E-state index contributed by atoms with van der Waals surface area (Å²) in [6.45, 7) is 1.00. The molecule has 0 bridgehead atoms. The first-order chi connectivity index (χ1) is 2.83. The van der Waals surface area contributed by atoms with Crippen LogP contribution in [0.5, 0.6) is 0 Å². The van der Waals surface area contributed by atoms with Gasteiger partial charge in [0.2, 0.25) is 0 Å². The third-order valence-electron chi connectivity index (χ3n) is 0. The van der Waals surface area contributed by atoms with Crippen LogP contribution in [0.2, 0.25) is 0 Å². The molecule has 0 amide bonds. The Morgan fingerprint density at radius 1 is 1.00 bits per heavy atom. The van der Waals surface area contributed by atoms with Crippen molar-refractivity contribution in [1.29, 1.82) is 0 Å². The van der Waals surface area contributed by atoms with Gasteiger partial charge in [0.05, 0.1) is 0 Å². The van der Waals surface area contributed by atoms with E-state index < -0.39 is 0 Å². The van der Waals surface area contributed by atoms with Crippen LogP contribution in [0.3, 0.4) is 0 Å². The van der Waals surface area contributed by atoms with Crippen LogP contribution in [0.15, 0.2) is 0 Å². The quantitative estimate of drug-likeness (QED) is 0.443. The minimum atomic E-state index is 0. The van der Waals surface area contributed by atoms with Gasteiger partial charge in [-0.15, -0.1) is 0 Å². The topological polar surface area (TPSA) is 74.6 Å². The SMILES string of the molecule is O=[C-]O.O=[C-]O.[Co+2]. The summed E-state index contributed by atoms with van der Waals surface area (Å²) in [5.41, 5.74) is 0. The zero-order valence-corrected chi connectivity index (χ0v) is 4.09. The van der Waals surface area contributed by atoms with Crippen molar-refractivity contribution >= 4 is 12.9 Å². The second-order valence-electron chi connectivity index (χ2n) is 0.183. The zero-order chi connectivity index (χ0) is 5.41. The molecule has 0 unspecified atom stereocenters. The van der Waals surface area contributed by atoms with Gasteiger partial charge in [0, 0.05) is 0 Å². The van der Waals surface area contributed by atoms with E-state index >= 15 is 0 Å². The Labute approximate surface area is 50.3 Å². The Morgan fingerprint density at radius 3 is 1.00 bits per heavy atom. The van der Waals surface area contributed by atoms with Crippen LogP contribution in [0.25, 0.3) is 0 Å². The minimum Gasteiger partial charge on any atom is -0.665 e. The fourth-order valence-electron chi connectivity index (χ4n) is 0. The minimum absolute atomic E-state index is 0. The maximum absolute atomic E-state index is 8.24. The van der Waals surface area contributed by atoms with E-state index in [4.69, 9.17) is 19.8 Å². The van der Waals surface area contributed by atoms with Crippen molar-refractivity contribution in [1.82, 2.24) is 0 Å². The molecule has 2 N–H and O–H groups in total. The Kier molecular flexibility index (Phi) is 118. The third kappa shape index (κ3) is 211. The summed E-state index contributed by atoms with van der Waals surface area (Å²) in [5, 5.41) is 13.5. The molecule has 0 heterocycles. The maximum Gasteiger partial charge on any atom is 2.00 e. The second-order valence-corrected chi connectivity index (χ2v) is 0.183. The van der Waals surface area contributed by atoms with Gasteiger partial charge in [0.1, 0.15) is 0 Å². The van der Waals surface area contributed by atoms with Crippen molar-refractivity contribution in [2.24, 2.45) is 0 Å². The molecule has 0 atom stereocenters. The summed E-state index contributed by atoms with van der Waals surface area (Å²) in [5.74, 6) is 0. The van der Waals surface area contributed by atoms with Gasteiger partial charge in [-0.25, -0.2) is 0 Å². The van der Waals surface area contributed by atoms with Crippen molar-refractivity contribution in [3.05, 3.63) is 0 Å². The Hall–Kier alpha value is -0.554. The van der Waals surface area contributed by atoms with E-state index in [-0.39, 0.29) is 16.8 Å². The van der Waals surface area contributed by atoms with Crippen molar-refractivity contribution < 1.29 is 36.6 Å². The summed E-state index contributed by atoms with van der Waals surface area (Å²) in [6, 6.07) is 0. The van der Waals surface area contributed by atoms with Gasteiger partial charge in [0.25, 0.3) is 0 Å². The monoisotopic (exact) mass is 149 g/mol. The van der Waals surface area contributed by atoms with E-state index in [0.717, 1.165) is 0 Å². The van der Waals surface area contributed by atoms with Crippen LogP contribution < -0.4 is 0 Å². The van der Waals surface area contributed by atoms with E-state index in [0.29, 0.717) is 12.9 Å². The molecule has 0 spiro atoms. The zero-order valence-electron chi connectivity index (χ0n) is 3.04. The molecule has 0 rings (SSSR count). The fraction of sp³-hybridized carbons (Fsp3) is 0. The van der Waals surface area contributed by atoms with Crippen LogP contribution >= 0.6 is 0 Å². The maximum atomic E-state index is 8.24. The van der Waals surface area contributed by atoms with E-state index in [1.165, 1.54) is 0 Å². The van der Waals surface area contributed by atoms with Crippen molar-refractivity contribution in [2.75, 3.05) is 0 Å². The summed E-state index contributed by atoms with van der Waals surface area (Å²) in [4.78, 5) is 16.5. The van der Waals surface area contributed by atoms with Gasteiger partial charge in [-0.05, 0) is 0 Å². The molecule has 43 valence electrons. The standard InChI is InChI=1S/2CHO2.Co/c2*2-1-3;/h2*(H,2,3);/q2*-1;+2. The second kappa shape index (κ2) is 51.5. The molecule has 0 saturated carbocycles. The first-order valence-electron chi connectivity index (χ1n) is 0.855. The molecule has 0 aromatic rings. The Balaban J connectivity index is -0.0000000400. The van der Waals surface area contributed by atoms with Crippen LogP contribution in [0, 0.1) is 0 Å².